The number of carboxylic acid groups (broad SMARTS) is 1. The molecule has 8 nitrogen and oxygen atoms in total. The van der Waals surface area contributed by atoms with E-state index in [2.05, 4.69) is 14.9 Å². The van der Waals surface area contributed by atoms with Crippen molar-refractivity contribution in [2.45, 2.75) is 37.6 Å². The van der Waals surface area contributed by atoms with E-state index in [9.17, 15) is 13.2 Å². The van der Waals surface area contributed by atoms with Crippen molar-refractivity contribution < 1.29 is 23.1 Å². The average molecular weight is 305 g/mol. The van der Waals surface area contributed by atoms with E-state index < -0.39 is 22.0 Å². The molecule has 1 rings (SSSR count). The van der Waals surface area contributed by atoms with Crippen LogP contribution in [0.2, 0.25) is 0 Å². The van der Waals surface area contributed by atoms with Gasteiger partial charge in [-0.25, -0.2) is 8.42 Å². The summed E-state index contributed by atoms with van der Waals surface area (Å²) in [5, 5.41) is 15.4. The Morgan fingerprint density at radius 1 is 1.50 bits per heavy atom. The van der Waals surface area contributed by atoms with E-state index in [4.69, 9.17) is 9.84 Å². The number of carbonyl (C=O) groups is 1. The fourth-order valence-corrected chi connectivity index (χ4v) is 3.44. The van der Waals surface area contributed by atoms with Crippen LogP contribution in [0.25, 0.3) is 0 Å². The number of hydrogen-bond acceptors (Lipinski definition) is 5. The number of carboxylic acids is 1. The summed E-state index contributed by atoms with van der Waals surface area (Å²) in [5.74, 6) is -1.22. The molecule has 0 radical (unpaired) electrons. The number of sulfonamides is 1. The van der Waals surface area contributed by atoms with Gasteiger partial charge < -0.3 is 9.84 Å². The van der Waals surface area contributed by atoms with Crippen LogP contribution in [0.15, 0.2) is 4.90 Å². The van der Waals surface area contributed by atoms with Gasteiger partial charge in [0.2, 0.25) is 10.0 Å². The summed E-state index contributed by atoms with van der Waals surface area (Å²) in [5.41, 5.74) is 0.673. The average Bonchev–Trinajstić information content (AvgIpc) is 2.68. The molecular weight excluding hydrogens is 286 g/mol. The van der Waals surface area contributed by atoms with Crippen molar-refractivity contribution in [3.05, 3.63) is 11.4 Å². The first-order valence-corrected chi connectivity index (χ1v) is 7.53. The molecule has 1 heterocycles. The van der Waals surface area contributed by atoms with E-state index >= 15 is 0 Å². The number of methoxy groups -OCH3 is 1. The molecule has 1 aromatic heterocycles. The summed E-state index contributed by atoms with van der Waals surface area (Å²) in [6.45, 7) is 3.48. The van der Waals surface area contributed by atoms with Crippen LogP contribution < -0.4 is 4.72 Å². The van der Waals surface area contributed by atoms with E-state index in [-0.39, 0.29) is 11.3 Å². The standard InChI is InChI=1S/C11H19N3O5S/c1-7-10(8(2)13-12-7)20(17,18)14-9(11(15)16)5-4-6-19-3/h9,14H,4-6H2,1-3H3,(H,12,13)(H,15,16). The smallest absolute Gasteiger partial charge is 0.321 e. The van der Waals surface area contributed by atoms with E-state index in [1.54, 1.807) is 13.8 Å². The zero-order valence-electron chi connectivity index (χ0n) is 11.6. The monoisotopic (exact) mass is 305 g/mol. The van der Waals surface area contributed by atoms with Crippen LogP contribution in [-0.4, -0.2) is 49.4 Å². The summed E-state index contributed by atoms with van der Waals surface area (Å²) < 4.78 is 31.5. The Hall–Kier alpha value is -1.45. The van der Waals surface area contributed by atoms with Gasteiger partial charge >= 0.3 is 5.97 Å². The van der Waals surface area contributed by atoms with Gasteiger partial charge in [-0.2, -0.15) is 9.82 Å². The third-order valence-corrected chi connectivity index (χ3v) is 4.50. The molecule has 1 atom stereocenters. The van der Waals surface area contributed by atoms with Crippen molar-refractivity contribution in [1.82, 2.24) is 14.9 Å². The number of aromatic amines is 1. The van der Waals surface area contributed by atoms with Crippen molar-refractivity contribution in [1.29, 1.82) is 0 Å². The predicted molar refractivity (Wildman–Crippen MR) is 70.9 cm³/mol. The van der Waals surface area contributed by atoms with Gasteiger partial charge in [0.15, 0.2) is 0 Å². The van der Waals surface area contributed by atoms with Gasteiger partial charge in [0.1, 0.15) is 10.9 Å². The number of rotatable bonds is 8. The fraction of sp³-hybridized carbons (Fsp3) is 0.636. The molecule has 114 valence electrons. The van der Waals surface area contributed by atoms with Crippen LogP contribution in [0.3, 0.4) is 0 Å². The van der Waals surface area contributed by atoms with Gasteiger partial charge in [-0.1, -0.05) is 0 Å². The number of H-pyrrole nitrogens is 1. The third kappa shape index (κ3) is 4.02. The molecule has 0 aliphatic rings. The maximum atomic E-state index is 12.2. The number of nitrogens with one attached hydrogen (secondary N) is 2. The molecule has 0 bridgehead atoms. The molecule has 1 aromatic rings. The maximum Gasteiger partial charge on any atom is 0.321 e. The first-order valence-electron chi connectivity index (χ1n) is 6.05. The van der Waals surface area contributed by atoms with Gasteiger partial charge in [-0.15, -0.1) is 0 Å². The van der Waals surface area contributed by atoms with Crippen LogP contribution in [0.1, 0.15) is 24.2 Å². The Morgan fingerprint density at radius 3 is 2.60 bits per heavy atom. The number of nitrogens with zero attached hydrogens (tertiary/aromatic N) is 1. The Kier molecular flexibility index (Phi) is 5.66. The van der Waals surface area contributed by atoms with Crippen LogP contribution >= 0.6 is 0 Å². The first kappa shape index (κ1) is 16.6. The molecule has 20 heavy (non-hydrogen) atoms. The number of ether oxygens (including phenoxy) is 1. The lowest BCUT2D eigenvalue weighted by molar-refractivity contribution is -0.139. The van der Waals surface area contributed by atoms with Gasteiger partial charge in [0, 0.05) is 13.7 Å². The van der Waals surface area contributed by atoms with E-state index in [1.165, 1.54) is 7.11 Å². The third-order valence-electron chi connectivity index (χ3n) is 2.77. The molecule has 3 N–H and O–H groups in total. The Balaban J connectivity index is 2.89. The summed E-state index contributed by atoms with van der Waals surface area (Å²) in [4.78, 5) is 11.1. The lowest BCUT2D eigenvalue weighted by Crippen LogP contribution is -2.41. The molecule has 0 aliphatic carbocycles. The Labute approximate surface area is 117 Å². The zero-order chi connectivity index (χ0) is 15.3. The van der Waals surface area contributed by atoms with Gasteiger partial charge in [0.25, 0.3) is 0 Å². The summed E-state index contributed by atoms with van der Waals surface area (Å²) in [6.07, 6.45) is 0.595. The molecular formula is C11H19N3O5S. The largest absolute Gasteiger partial charge is 0.480 e. The fourth-order valence-electron chi connectivity index (χ4n) is 1.85. The van der Waals surface area contributed by atoms with Crippen molar-refractivity contribution in [2.24, 2.45) is 0 Å². The summed E-state index contributed by atoms with van der Waals surface area (Å²) in [7, 11) is -2.43. The lowest BCUT2D eigenvalue weighted by Gasteiger charge is -2.14. The second-order valence-electron chi connectivity index (χ2n) is 4.41. The van der Waals surface area contributed by atoms with Crippen molar-refractivity contribution in [3.8, 4) is 0 Å². The van der Waals surface area contributed by atoms with E-state index in [0.717, 1.165) is 0 Å². The maximum absolute atomic E-state index is 12.2. The lowest BCUT2D eigenvalue weighted by atomic mass is 10.2. The molecule has 0 aliphatic heterocycles. The van der Waals surface area contributed by atoms with Gasteiger partial charge in [-0.3, -0.25) is 9.89 Å². The van der Waals surface area contributed by atoms with Gasteiger partial charge in [-0.05, 0) is 26.7 Å². The summed E-state index contributed by atoms with van der Waals surface area (Å²) in [6, 6.07) is -1.19. The SMILES string of the molecule is COCCCC(NS(=O)(=O)c1c(C)n[nH]c1C)C(=O)O. The number of hydrogen-bond donors (Lipinski definition) is 3. The van der Waals surface area contributed by atoms with E-state index in [0.29, 0.717) is 24.4 Å². The number of aliphatic carboxylic acids is 1. The van der Waals surface area contributed by atoms with Crippen molar-refractivity contribution >= 4 is 16.0 Å². The molecule has 0 spiro atoms. The highest BCUT2D eigenvalue weighted by atomic mass is 32.2. The van der Waals surface area contributed by atoms with Crippen LogP contribution in [-0.2, 0) is 19.6 Å². The molecule has 1 unspecified atom stereocenters. The second kappa shape index (κ2) is 6.82. The summed E-state index contributed by atoms with van der Waals surface area (Å²) >= 11 is 0. The highest BCUT2D eigenvalue weighted by Crippen LogP contribution is 2.17. The minimum absolute atomic E-state index is 0.00417. The molecule has 0 aromatic carbocycles. The minimum atomic E-state index is -3.93. The van der Waals surface area contributed by atoms with Crippen LogP contribution in [0.5, 0.6) is 0 Å². The quantitative estimate of drug-likeness (QED) is 0.589. The Morgan fingerprint density at radius 2 is 2.15 bits per heavy atom. The Bertz CT molecular complexity index is 547. The molecule has 0 saturated carbocycles. The first-order chi connectivity index (χ1) is 9.29. The van der Waals surface area contributed by atoms with Crippen molar-refractivity contribution in [3.63, 3.8) is 0 Å². The number of aromatic nitrogens is 2. The molecule has 0 saturated heterocycles. The topological polar surface area (TPSA) is 121 Å². The zero-order valence-corrected chi connectivity index (χ0v) is 12.5. The van der Waals surface area contributed by atoms with Crippen LogP contribution in [0.4, 0.5) is 0 Å². The normalized spacial score (nSPS) is 13.3. The molecule has 0 amide bonds. The molecule has 0 fully saturated rings. The highest BCUT2D eigenvalue weighted by molar-refractivity contribution is 7.89. The minimum Gasteiger partial charge on any atom is -0.480 e. The second-order valence-corrected chi connectivity index (χ2v) is 6.06. The predicted octanol–water partition coefficient (Wildman–Crippen LogP) is 0.185. The van der Waals surface area contributed by atoms with Gasteiger partial charge in [0.05, 0.1) is 11.4 Å². The highest BCUT2D eigenvalue weighted by Gasteiger charge is 2.28. The number of aryl methyl sites for hydroxylation is 2. The van der Waals surface area contributed by atoms with E-state index in [1.807, 2.05) is 0 Å². The van der Waals surface area contributed by atoms with Crippen molar-refractivity contribution in [2.75, 3.05) is 13.7 Å². The molecule has 9 heteroatoms. The van der Waals surface area contributed by atoms with Crippen LogP contribution in [0, 0.1) is 13.8 Å².